The van der Waals surface area contributed by atoms with Crippen molar-refractivity contribution in [1.29, 1.82) is 0 Å². The summed E-state index contributed by atoms with van der Waals surface area (Å²) < 4.78 is 31.0. The maximum absolute atomic E-state index is 13.1. The van der Waals surface area contributed by atoms with E-state index in [1.165, 1.54) is 12.3 Å². The van der Waals surface area contributed by atoms with Gasteiger partial charge < -0.3 is 15.5 Å². The van der Waals surface area contributed by atoms with E-state index in [1.54, 1.807) is 0 Å². The first kappa shape index (κ1) is 16.1. The normalized spacial score (nSPS) is 12.2. The summed E-state index contributed by atoms with van der Waals surface area (Å²) in [6.45, 7) is 2.04. The Morgan fingerprint density at radius 3 is 2.86 bits per heavy atom. The lowest BCUT2D eigenvalue weighted by Crippen LogP contribution is -2.23. The maximum atomic E-state index is 13.1. The number of benzene rings is 1. The van der Waals surface area contributed by atoms with E-state index in [0.29, 0.717) is 17.9 Å². The van der Waals surface area contributed by atoms with Gasteiger partial charge in [-0.25, -0.2) is 13.8 Å². The van der Waals surface area contributed by atoms with Crippen LogP contribution in [-0.2, 0) is 6.54 Å². The summed E-state index contributed by atoms with van der Waals surface area (Å²) in [6.07, 6.45) is 2.81. The standard InChI is InChI=1S/C15H17F2N3O2/c1-2-3-12(18)15-20-13(8-22-15)14(21)19-7-9-4-5-10(16)11(17)6-9/h4-6,8,12H,2-3,7,18H2,1H3,(H,19,21). The van der Waals surface area contributed by atoms with Gasteiger partial charge in [0.1, 0.15) is 6.26 Å². The number of carbonyl (C=O) groups is 1. The van der Waals surface area contributed by atoms with Crippen LogP contribution < -0.4 is 11.1 Å². The van der Waals surface area contributed by atoms with Gasteiger partial charge in [0, 0.05) is 6.54 Å². The van der Waals surface area contributed by atoms with Crippen LogP contribution in [-0.4, -0.2) is 10.9 Å². The number of hydrogen-bond acceptors (Lipinski definition) is 4. The molecule has 2 rings (SSSR count). The summed E-state index contributed by atoms with van der Waals surface area (Å²) in [5.74, 6) is -2.05. The van der Waals surface area contributed by atoms with Crippen LogP contribution >= 0.6 is 0 Å². The molecule has 1 aromatic carbocycles. The summed E-state index contributed by atoms with van der Waals surface area (Å²) in [7, 11) is 0. The Kier molecular flexibility index (Phi) is 5.21. The van der Waals surface area contributed by atoms with Crippen LogP contribution in [0.3, 0.4) is 0 Å². The third kappa shape index (κ3) is 3.88. The first-order valence-electron chi connectivity index (χ1n) is 6.94. The van der Waals surface area contributed by atoms with Gasteiger partial charge in [0.05, 0.1) is 6.04 Å². The molecule has 22 heavy (non-hydrogen) atoms. The molecule has 1 amide bonds. The molecule has 0 aliphatic carbocycles. The predicted molar refractivity (Wildman–Crippen MR) is 75.9 cm³/mol. The van der Waals surface area contributed by atoms with Crippen molar-refractivity contribution in [2.45, 2.75) is 32.4 Å². The topological polar surface area (TPSA) is 81.1 Å². The molecule has 5 nitrogen and oxygen atoms in total. The monoisotopic (exact) mass is 309 g/mol. The van der Waals surface area contributed by atoms with Gasteiger partial charge in [0.15, 0.2) is 17.3 Å². The molecule has 0 spiro atoms. The second-order valence-corrected chi connectivity index (χ2v) is 4.90. The Morgan fingerprint density at radius 1 is 1.41 bits per heavy atom. The maximum Gasteiger partial charge on any atom is 0.273 e. The van der Waals surface area contributed by atoms with Crippen LogP contribution in [0, 0.1) is 11.6 Å². The smallest absolute Gasteiger partial charge is 0.273 e. The summed E-state index contributed by atoms with van der Waals surface area (Å²) >= 11 is 0. The van der Waals surface area contributed by atoms with Crippen molar-refractivity contribution in [2.75, 3.05) is 0 Å². The minimum Gasteiger partial charge on any atom is -0.446 e. The molecule has 7 heteroatoms. The van der Waals surface area contributed by atoms with Crippen molar-refractivity contribution in [3.63, 3.8) is 0 Å². The number of rotatable bonds is 6. The molecule has 118 valence electrons. The van der Waals surface area contributed by atoms with Gasteiger partial charge in [0.2, 0.25) is 5.89 Å². The molecular formula is C15H17F2N3O2. The Bertz CT molecular complexity index is 658. The highest BCUT2D eigenvalue weighted by atomic mass is 19.2. The summed E-state index contributed by atoms with van der Waals surface area (Å²) in [6, 6.07) is 3.08. The zero-order chi connectivity index (χ0) is 16.1. The van der Waals surface area contributed by atoms with Crippen molar-refractivity contribution in [2.24, 2.45) is 5.73 Å². The van der Waals surface area contributed by atoms with Crippen LogP contribution in [0.2, 0.25) is 0 Å². The van der Waals surface area contributed by atoms with Gasteiger partial charge in [-0.05, 0) is 24.1 Å². The first-order chi connectivity index (χ1) is 10.5. The second kappa shape index (κ2) is 7.13. The number of nitrogens with zero attached hydrogens (tertiary/aromatic N) is 1. The number of nitrogens with one attached hydrogen (secondary N) is 1. The minimum atomic E-state index is -0.957. The number of nitrogens with two attached hydrogens (primary N) is 1. The van der Waals surface area contributed by atoms with Crippen LogP contribution in [0.4, 0.5) is 8.78 Å². The number of carbonyl (C=O) groups excluding carboxylic acids is 1. The molecule has 1 unspecified atom stereocenters. The van der Waals surface area contributed by atoms with Gasteiger partial charge in [-0.3, -0.25) is 4.79 Å². The predicted octanol–water partition coefficient (Wildman–Crippen LogP) is 2.68. The van der Waals surface area contributed by atoms with E-state index in [0.717, 1.165) is 18.6 Å². The Balaban J connectivity index is 1.96. The summed E-state index contributed by atoms with van der Waals surface area (Å²) in [4.78, 5) is 16.0. The van der Waals surface area contributed by atoms with E-state index in [2.05, 4.69) is 10.3 Å². The highest BCUT2D eigenvalue weighted by Crippen LogP contribution is 2.15. The van der Waals surface area contributed by atoms with Gasteiger partial charge >= 0.3 is 0 Å². The number of amides is 1. The minimum absolute atomic E-state index is 0.0548. The average Bonchev–Trinajstić information content (AvgIpc) is 2.98. The van der Waals surface area contributed by atoms with E-state index in [9.17, 15) is 13.6 Å². The molecule has 0 aliphatic heterocycles. The Hall–Kier alpha value is -2.28. The van der Waals surface area contributed by atoms with E-state index >= 15 is 0 Å². The number of aromatic nitrogens is 1. The molecule has 1 atom stereocenters. The molecule has 0 fully saturated rings. The van der Waals surface area contributed by atoms with Crippen LogP contribution in [0.25, 0.3) is 0 Å². The number of oxazole rings is 1. The third-order valence-corrected chi connectivity index (χ3v) is 3.11. The van der Waals surface area contributed by atoms with E-state index in [-0.39, 0.29) is 18.3 Å². The molecule has 1 aromatic heterocycles. The van der Waals surface area contributed by atoms with Crippen molar-refractivity contribution >= 4 is 5.91 Å². The van der Waals surface area contributed by atoms with Crippen molar-refractivity contribution in [1.82, 2.24) is 10.3 Å². The highest BCUT2D eigenvalue weighted by molar-refractivity contribution is 5.91. The zero-order valence-electron chi connectivity index (χ0n) is 12.1. The van der Waals surface area contributed by atoms with Gasteiger partial charge in [0.25, 0.3) is 5.91 Å². The van der Waals surface area contributed by atoms with Crippen molar-refractivity contribution in [3.8, 4) is 0 Å². The average molecular weight is 309 g/mol. The Labute approximate surface area is 126 Å². The lowest BCUT2D eigenvalue weighted by atomic mass is 10.2. The largest absolute Gasteiger partial charge is 0.446 e. The van der Waals surface area contributed by atoms with Crippen molar-refractivity contribution < 1.29 is 18.0 Å². The van der Waals surface area contributed by atoms with Gasteiger partial charge in [-0.2, -0.15) is 0 Å². The lowest BCUT2D eigenvalue weighted by molar-refractivity contribution is 0.0946. The molecule has 0 aliphatic rings. The zero-order valence-corrected chi connectivity index (χ0v) is 12.1. The third-order valence-electron chi connectivity index (χ3n) is 3.11. The summed E-state index contributed by atoms with van der Waals surface area (Å²) in [5.41, 5.74) is 6.39. The van der Waals surface area contributed by atoms with Crippen LogP contribution in [0.1, 0.15) is 47.7 Å². The van der Waals surface area contributed by atoms with Crippen LogP contribution in [0.5, 0.6) is 0 Å². The SMILES string of the molecule is CCCC(N)c1nc(C(=O)NCc2ccc(F)c(F)c2)co1. The van der Waals surface area contributed by atoms with E-state index in [1.807, 2.05) is 6.92 Å². The van der Waals surface area contributed by atoms with E-state index in [4.69, 9.17) is 10.2 Å². The van der Waals surface area contributed by atoms with Crippen molar-refractivity contribution in [3.05, 3.63) is 53.2 Å². The summed E-state index contributed by atoms with van der Waals surface area (Å²) in [5, 5.41) is 2.55. The second-order valence-electron chi connectivity index (χ2n) is 4.90. The molecule has 0 saturated carbocycles. The lowest BCUT2D eigenvalue weighted by Gasteiger charge is -2.04. The molecule has 2 aromatic rings. The van der Waals surface area contributed by atoms with Crippen LogP contribution in [0.15, 0.2) is 28.9 Å². The molecular weight excluding hydrogens is 292 g/mol. The van der Waals surface area contributed by atoms with Gasteiger partial charge in [-0.15, -0.1) is 0 Å². The number of hydrogen-bond donors (Lipinski definition) is 2. The molecule has 0 radical (unpaired) electrons. The molecule has 0 saturated heterocycles. The molecule has 0 bridgehead atoms. The Morgan fingerprint density at radius 2 is 2.18 bits per heavy atom. The highest BCUT2D eigenvalue weighted by Gasteiger charge is 2.16. The fraction of sp³-hybridized carbons (Fsp3) is 0.333. The fourth-order valence-corrected chi connectivity index (χ4v) is 1.92. The van der Waals surface area contributed by atoms with Gasteiger partial charge in [-0.1, -0.05) is 19.4 Å². The van der Waals surface area contributed by atoms with E-state index < -0.39 is 17.5 Å². The molecule has 1 heterocycles. The number of halogens is 2. The quantitative estimate of drug-likeness (QED) is 0.859. The first-order valence-corrected chi connectivity index (χ1v) is 6.94. The fourth-order valence-electron chi connectivity index (χ4n) is 1.92. The molecule has 3 N–H and O–H groups in total.